The fraction of sp³-hybridized carbons (Fsp3) is 0.909. The molecule has 0 spiro atoms. The first-order valence-electron chi connectivity index (χ1n) is 5.64. The summed E-state index contributed by atoms with van der Waals surface area (Å²) in [7, 11) is 3.59. The predicted molar refractivity (Wildman–Crippen MR) is 61.5 cm³/mol. The van der Waals surface area contributed by atoms with Crippen molar-refractivity contribution in [3.05, 3.63) is 0 Å². The Labute approximate surface area is 92.4 Å². The lowest BCUT2D eigenvalue weighted by molar-refractivity contribution is -0.134. The van der Waals surface area contributed by atoms with Gasteiger partial charge >= 0.3 is 0 Å². The van der Waals surface area contributed by atoms with E-state index in [2.05, 4.69) is 11.8 Å². The van der Waals surface area contributed by atoms with Crippen molar-refractivity contribution >= 4 is 5.91 Å². The number of hydrogen-bond acceptors (Lipinski definition) is 3. The molecule has 88 valence electrons. The lowest BCUT2D eigenvalue weighted by Crippen LogP contribution is -2.54. The molecule has 2 N–H and O–H groups in total. The molecule has 0 aromatic carbocycles. The summed E-state index contributed by atoms with van der Waals surface area (Å²) < 4.78 is 0. The van der Waals surface area contributed by atoms with Crippen LogP contribution in [0.1, 0.15) is 20.3 Å². The molecule has 3 atom stereocenters. The third-order valence-corrected chi connectivity index (χ3v) is 3.39. The maximum absolute atomic E-state index is 11.8. The van der Waals surface area contributed by atoms with E-state index in [0.717, 1.165) is 19.5 Å². The number of nitrogens with zero attached hydrogens (tertiary/aromatic N) is 2. The zero-order chi connectivity index (χ0) is 11.6. The van der Waals surface area contributed by atoms with E-state index < -0.39 is 0 Å². The minimum Gasteiger partial charge on any atom is -0.347 e. The maximum Gasteiger partial charge on any atom is 0.239 e. The standard InChI is InChI=1S/C11H23N3O/c1-8-5-6-14(7-10(8)12)9(2)11(15)13(3)4/h8-10H,5-7,12H2,1-4H3. The fourth-order valence-corrected chi connectivity index (χ4v) is 2.01. The second kappa shape index (κ2) is 4.94. The average molecular weight is 213 g/mol. The zero-order valence-corrected chi connectivity index (χ0v) is 10.2. The molecule has 1 aliphatic rings. The number of amides is 1. The highest BCUT2D eigenvalue weighted by Gasteiger charge is 2.29. The van der Waals surface area contributed by atoms with E-state index in [4.69, 9.17) is 5.73 Å². The number of carbonyl (C=O) groups is 1. The molecule has 0 aromatic heterocycles. The lowest BCUT2D eigenvalue weighted by atomic mass is 9.93. The van der Waals surface area contributed by atoms with Crippen LogP contribution in [0.4, 0.5) is 0 Å². The molecule has 1 aliphatic heterocycles. The first-order chi connectivity index (χ1) is 6.93. The van der Waals surface area contributed by atoms with Crippen LogP contribution in [0.5, 0.6) is 0 Å². The number of nitrogens with two attached hydrogens (primary N) is 1. The average Bonchev–Trinajstić information content (AvgIpc) is 2.19. The van der Waals surface area contributed by atoms with Crippen molar-refractivity contribution in [1.82, 2.24) is 9.80 Å². The van der Waals surface area contributed by atoms with Gasteiger partial charge in [0, 0.05) is 26.7 Å². The van der Waals surface area contributed by atoms with E-state index >= 15 is 0 Å². The Kier molecular flexibility index (Phi) is 4.11. The normalized spacial score (nSPS) is 29.9. The first-order valence-corrected chi connectivity index (χ1v) is 5.64. The molecule has 1 rings (SSSR count). The number of piperidine rings is 1. The van der Waals surface area contributed by atoms with E-state index in [9.17, 15) is 4.79 Å². The number of carbonyl (C=O) groups excluding carboxylic acids is 1. The second-order valence-corrected chi connectivity index (χ2v) is 4.83. The van der Waals surface area contributed by atoms with Crippen LogP contribution in [-0.4, -0.2) is 55.0 Å². The predicted octanol–water partition coefficient (Wildman–Crippen LogP) is 0.132. The zero-order valence-electron chi connectivity index (χ0n) is 10.2. The Morgan fingerprint density at radius 3 is 2.60 bits per heavy atom. The maximum atomic E-state index is 11.8. The first kappa shape index (κ1) is 12.5. The van der Waals surface area contributed by atoms with E-state index in [1.165, 1.54) is 0 Å². The summed E-state index contributed by atoms with van der Waals surface area (Å²) in [6, 6.07) is 0.162. The summed E-state index contributed by atoms with van der Waals surface area (Å²) in [5.74, 6) is 0.736. The Morgan fingerprint density at radius 1 is 1.53 bits per heavy atom. The highest BCUT2D eigenvalue weighted by atomic mass is 16.2. The summed E-state index contributed by atoms with van der Waals surface area (Å²) >= 11 is 0. The van der Waals surface area contributed by atoms with Crippen LogP contribution in [0.2, 0.25) is 0 Å². The van der Waals surface area contributed by atoms with Gasteiger partial charge in [0.25, 0.3) is 0 Å². The van der Waals surface area contributed by atoms with Gasteiger partial charge in [0.15, 0.2) is 0 Å². The molecule has 0 saturated carbocycles. The van der Waals surface area contributed by atoms with Gasteiger partial charge in [-0.2, -0.15) is 0 Å². The molecule has 0 bridgehead atoms. The lowest BCUT2D eigenvalue weighted by Gasteiger charge is -2.38. The molecule has 1 amide bonds. The summed E-state index contributed by atoms with van der Waals surface area (Å²) in [4.78, 5) is 15.6. The van der Waals surface area contributed by atoms with Crippen molar-refractivity contribution in [2.75, 3.05) is 27.2 Å². The van der Waals surface area contributed by atoms with Crippen LogP contribution in [0.25, 0.3) is 0 Å². The molecular weight excluding hydrogens is 190 g/mol. The molecule has 4 heteroatoms. The number of rotatable bonds is 2. The molecule has 0 radical (unpaired) electrons. The van der Waals surface area contributed by atoms with Crippen molar-refractivity contribution in [2.24, 2.45) is 11.7 Å². The number of likely N-dealkylation sites (N-methyl/N-ethyl adjacent to an activating group) is 1. The molecule has 3 unspecified atom stereocenters. The molecule has 1 saturated heterocycles. The SMILES string of the molecule is CC1CCN(C(C)C(=O)N(C)C)CC1N. The number of likely N-dealkylation sites (tertiary alicyclic amines) is 1. The van der Waals surface area contributed by atoms with Crippen molar-refractivity contribution in [3.63, 3.8) is 0 Å². The Hall–Kier alpha value is -0.610. The van der Waals surface area contributed by atoms with Gasteiger partial charge in [0.2, 0.25) is 5.91 Å². The summed E-state index contributed by atoms with van der Waals surface area (Å²) in [6.45, 7) is 5.96. The highest BCUT2D eigenvalue weighted by molar-refractivity contribution is 5.80. The topological polar surface area (TPSA) is 49.6 Å². The third-order valence-electron chi connectivity index (χ3n) is 3.39. The Bertz CT molecular complexity index is 230. The number of hydrogen-bond donors (Lipinski definition) is 1. The minimum absolute atomic E-state index is 0.0430. The minimum atomic E-state index is -0.0430. The van der Waals surface area contributed by atoms with Gasteiger partial charge in [0.05, 0.1) is 6.04 Å². The van der Waals surface area contributed by atoms with Gasteiger partial charge < -0.3 is 10.6 Å². The quantitative estimate of drug-likeness (QED) is 0.709. The molecule has 1 fully saturated rings. The summed E-state index contributed by atoms with van der Waals surface area (Å²) in [5, 5.41) is 0. The van der Waals surface area contributed by atoms with Crippen molar-refractivity contribution in [2.45, 2.75) is 32.4 Å². The molecule has 0 aromatic rings. The van der Waals surface area contributed by atoms with Gasteiger partial charge in [-0.05, 0) is 25.8 Å². The van der Waals surface area contributed by atoms with Gasteiger partial charge in [-0.1, -0.05) is 6.92 Å². The van der Waals surface area contributed by atoms with E-state index in [-0.39, 0.29) is 18.0 Å². The Morgan fingerprint density at radius 2 is 2.13 bits per heavy atom. The van der Waals surface area contributed by atoms with Gasteiger partial charge in [0.1, 0.15) is 0 Å². The van der Waals surface area contributed by atoms with Crippen LogP contribution in [0.15, 0.2) is 0 Å². The molecule has 0 aliphatic carbocycles. The molecule has 4 nitrogen and oxygen atoms in total. The van der Waals surface area contributed by atoms with Crippen molar-refractivity contribution in [3.8, 4) is 0 Å². The molecular formula is C11H23N3O. The van der Waals surface area contributed by atoms with E-state index in [0.29, 0.717) is 5.92 Å². The van der Waals surface area contributed by atoms with Crippen LogP contribution in [-0.2, 0) is 4.79 Å². The van der Waals surface area contributed by atoms with Crippen LogP contribution in [0.3, 0.4) is 0 Å². The van der Waals surface area contributed by atoms with E-state index in [1.54, 1.807) is 19.0 Å². The van der Waals surface area contributed by atoms with Crippen LogP contribution < -0.4 is 5.73 Å². The van der Waals surface area contributed by atoms with Gasteiger partial charge in [-0.15, -0.1) is 0 Å². The molecule has 1 heterocycles. The monoisotopic (exact) mass is 213 g/mol. The van der Waals surface area contributed by atoms with Crippen LogP contribution in [0, 0.1) is 5.92 Å². The van der Waals surface area contributed by atoms with Crippen molar-refractivity contribution < 1.29 is 4.79 Å². The summed E-state index contributed by atoms with van der Waals surface area (Å²) in [5.41, 5.74) is 6.02. The largest absolute Gasteiger partial charge is 0.347 e. The molecule has 15 heavy (non-hydrogen) atoms. The third kappa shape index (κ3) is 2.92. The Balaban J connectivity index is 2.54. The summed E-state index contributed by atoms with van der Waals surface area (Å²) in [6.07, 6.45) is 1.09. The highest BCUT2D eigenvalue weighted by Crippen LogP contribution is 2.17. The van der Waals surface area contributed by atoms with Crippen LogP contribution >= 0.6 is 0 Å². The fourth-order valence-electron chi connectivity index (χ4n) is 2.01. The van der Waals surface area contributed by atoms with Gasteiger partial charge in [-0.25, -0.2) is 0 Å². The van der Waals surface area contributed by atoms with E-state index in [1.807, 2.05) is 6.92 Å². The van der Waals surface area contributed by atoms with Gasteiger partial charge in [-0.3, -0.25) is 9.69 Å². The smallest absolute Gasteiger partial charge is 0.239 e. The second-order valence-electron chi connectivity index (χ2n) is 4.83. The van der Waals surface area contributed by atoms with Crippen molar-refractivity contribution in [1.29, 1.82) is 0 Å².